The molecule has 1 aromatic carbocycles. The van der Waals surface area contributed by atoms with E-state index >= 15 is 0 Å². The van der Waals surface area contributed by atoms with Crippen LogP contribution in [-0.2, 0) is 46.2 Å². The van der Waals surface area contributed by atoms with E-state index in [9.17, 15) is 45.5 Å². The van der Waals surface area contributed by atoms with Gasteiger partial charge in [0.2, 0.25) is 0 Å². The Balaban J connectivity index is 1.38. The summed E-state index contributed by atoms with van der Waals surface area (Å²) in [6.45, 7) is 18.2. The van der Waals surface area contributed by atoms with Crippen LogP contribution in [0.3, 0.4) is 0 Å². The minimum atomic E-state index is -1.85. The molecule has 0 unspecified atom stereocenters. The third-order valence-corrected chi connectivity index (χ3v) is 15.3. The monoisotopic (exact) mass is 1020 g/mol. The summed E-state index contributed by atoms with van der Waals surface area (Å²) in [7, 11) is 5.18. The van der Waals surface area contributed by atoms with E-state index in [4.69, 9.17) is 33.2 Å². The average Bonchev–Trinajstić information content (AvgIpc) is 3.77. The molecule has 22 nitrogen and oxygen atoms in total. The number of aromatic nitrogens is 3. The van der Waals surface area contributed by atoms with E-state index in [0.717, 1.165) is 0 Å². The van der Waals surface area contributed by atoms with Crippen molar-refractivity contribution in [2.75, 3.05) is 40.9 Å². The number of hydrogen-bond donors (Lipinski definition) is 6. The van der Waals surface area contributed by atoms with Crippen LogP contribution in [0.1, 0.15) is 101 Å². The number of methoxy groups -OCH3 is 1. The van der Waals surface area contributed by atoms with E-state index in [2.05, 4.69) is 10.3 Å². The smallest absolute Gasteiger partial charge is 0.311 e. The quantitative estimate of drug-likeness (QED) is 0.0800. The molecule has 2 aromatic rings. The maximum absolute atomic E-state index is 14.5. The first kappa shape index (κ1) is 59.4. The van der Waals surface area contributed by atoms with Crippen molar-refractivity contribution >= 4 is 11.7 Å². The number of nitro benzene ring substituents is 1. The Morgan fingerprint density at radius 1 is 1.00 bits per heavy atom. The summed E-state index contributed by atoms with van der Waals surface area (Å²) in [4.78, 5) is 28.8. The lowest BCUT2D eigenvalue weighted by Gasteiger charge is -2.49. The van der Waals surface area contributed by atoms with E-state index in [1.165, 1.54) is 43.0 Å². The fourth-order valence-electron chi connectivity index (χ4n) is 10.8. The highest BCUT2D eigenvalue weighted by Crippen LogP contribution is 2.40. The van der Waals surface area contributed by atoms with Gasteiger partial charge in [-0.15, -0.1) is 5.10 Å². The maximum atomic E-state index is 14.5. The van der Waals surface area contributed by atoms with Gasteiger partial charge in [0.1, 0.15) is 48.5 Å². The third-order valence-electron chi connectivity index (χ3n) is 15.3. The first-order chi connectivity index (χ1) is 33.6. The zero-order valence-electron chi connectivity index (χ0n) is 44.4. The molecule has 72 heavy (non-hydrogen) atoms. The van der Waals surface area contributed by atoms with Crippen molar-refractivity contribution in [3.05, 3.63) is 46.3 Å². The molecule has 4 heterocycles. The SMILES string of the molecule is CC[C@H]1OC(=O)[C@H](C)[C@@H](O[C@H]2C[C@@](C)(OC)[C@@H](O)[C@H](C)O2)[C@H](C)[C@@H](O[C@@H]2O[C@H](C)C[C@H](N(C)CCc3cn(C[C@H](O)COc4ccc([N+](=O)[O-])cc4)nn3)[C@H]2O)[C@](C)(O)C[C@@H](C)CN(C)[C@H](C)[C@@H](O)[C@]1(C)O. The molecule has 0 radical (unpaired) electrons. The molecule has 3 saturated heterocycles. The molecule has 0 saturated carbocycles. The lowest BCUT2D eigenvalue weighted by Crippen LogP contribution is -2.61. The molecule has 3 aliphatic rings. The molecule has 3 fully saturated rings. The van der Waals surface area contributed by atoms with Gasteiger partial charge in [-0.25, -0.2) is 4.68 Å². The van der Waals surface area contributed by atoms with Crippen molar-refractivity contribution in [3.8, 4) is 5.75 Å². The molecular formula is C50H84N6O16. The number of carbonyl (C=O) groups excluding carboxylic acids is 1. The van der Waals surface area contributed by atoms with E-state index < -0.39 is 119 Å². The number of hydrogen-bond acceptors (Lipinski definition) is 20. The first-order valence-corrected chi connectivity index (χ1v) is 25.3. The predicted molar refractivity (Wildman–Crippen MR) is 261 cm³/mol. The molecule has 0 bridgehead atoms. The number of rotatable bonds is 16. The van der Waals surface area contributed by atoms with Crippen molar-refractivity contribution in [2.45, 2.75) is 204 Å². The van der Waals surface area contributed by atoms with Crippen LogP contribution in [0, 0.1) is 27.9 Å². The number of non-ortho nitro benzene ring substituents is 1. The summed E-state index contributed by atoms with van der Waals surface area (Å²) in [6.07, 6.45) is -8.26. The first-order valence-electron chi connectivity index (χ1n) is 25.3. The van der Waals surface area contributed by atoms with E-state index in [0.29, 0.717) is 37.4 Å². The number of aliphatic hydroxyl groups excluding tert-OH is 4. The highest BCUT2D eigenvalue weighted by molar-refractivity contribution is 5.73. The van der Waals surface area contributed by atoms with Crippen LogP contribution >= 0.6 is 0 Å². The van der Waals surface area contributed by atoms with Crippen LogP contribution in [0.25, 0.3) is 0 Å². The number of cyclic esters (lactones) is 1. The van der Waals surface area contributed by atoms with Crippen LogP contribution in [0.5, 0.6) is 5.75 Å². The summed E-state index contributed by atoms with van der Waals surface area (Å²) in [5, 5.41) is 89.6. The zero-order chi connectivity index (χ0) is 53.6. The number of benzene rings is 1. The molecule has 3 aliphatic heterocycles. The highest BCUT2D eigenvalue weighted by Gasteiger charge is 2.53. The Bertz CT molecular complexity index is 2030. The van der Waals surface area contributed by atoms with Crippen molar-refractivity contribution < 1.29 is 73.5 Å². The summed E-state index contributed by atoms with van der Waals surface area (Å²) >= 11 is 0. The van der Waals surface area contributed by atoms with Crippen LogP contribution in [0.2, 0.25) is 0 Å². The van der Waals surface area contributed by atoms with Gasteiger partial charge in [-0.1, -0.05) is 26.0 Å². The minimum Gasteiger partial charge on any atom is -0.491 e. The fraction of sp³-hybridized carbons (Fsp3) is 0.820. The number of esters is 1. The van der Waals surface area contributed by atoms with Gasteiger partial charge >= 0.3 is 5.97 Å². The van der Waals surface area contributed by atoms with Gasteiger partial charge in [0, 0.05) is 69.4 Å². The number of carbonyl (C=O) groups is 1. The molecular weight excluding hydrogens is 941 g/mol. The normalized spacial score (nSPS) is 39.4. The maximum Gasteiger partial charge on any atom is 0.311 e. The van der Waals surface area contributed by atoms with Crippen LogP contribution in [-0.4, -0.2) is 204 Å². The lowest BCUT2D eigenvalue weighted by molar-refractivity contribution is -0.384. The van der Waals surface area contributed by atoms with Crippen LogP contribution in [0.15, 0.2) is 30.5 Å². The van der Waals surface area contributed by atoms with Gasteiger partial charge in [-0.05, 0) is 99.9 Å². The summed E-state index contributed by atoms with van der Waals surface area (Å²) in [6, 6.07) is 4.49. The topological polar surface area (TPSA) is 283 Å². The van der Waals surface area contributed by atoms with Gasteiger partial charge < -0.3 is 73.6 Å². The van der Waals surface area contributed by atoms with Gasteiger partial charge in [-0.3, -0.25) is 14.9 Å². The van der Waals surface area contributed by atoms with Gasteiger partial charge in [-0.2, -0.15) is 0 Å². The molecule has 0 spiro atoms. The summed E-state index contributed by atoms with van der Waals surface area (Å²) < 4.78 is 45.3. The number of nitrogens with zero attached hydrogens (tertiary/aromatic N) is 6. The summed E-state index contributed by atoms with van der Waals surface area (Å²) in [5.41, 5.74) is -4.03. The Hall–Kier alpha value is -3.49. The lowest BCUT2D eigenvalue weighted by atomic mass is 9.77. The third kappa shape index (κ3) is 14.5. The highest BCUT2D eigenvalue weighted by atomic mass is 16.7. The van der Waals surface area contributed by atoms with E-state index in [1.807, 2.05) is 37.7 Å². The number of nitro groups is 1. The largest absolute Gasteiger partial charge is 0.491 e. The van der Waals surface area contributed by atoms with Crippen LogP contribution < -0.4 is 4.74 Å². The Morgan fingerprint density at radius 3 is 2.29 bits per heavy atom. The van der Waals surface area contributed by atoms with Gasteiger partial charge in [0.25, 0.3) is 5.69 Å². The summed E-state index contributed by atoms with van der Waals surface area (Å²) in [5.74, 6) is -2.51. The standard InChI is InChI=1S/C50H84N6O16/c1-14-39-50(10,63)43(59)32(6)54(12)24-28(2)22-48(8,62)45(30(4)42(31(5)46(61)70-39)71-40-23-49(9,66-13)44(60)33(7)69-40)72-47-41(58)38(21-29(3)68-47)53(11)20-19-34-25-55(52-51-34)26-36(57)27-67-37-17-15-35(16-18-37)56(64)65/h15-18,25,28-33,36,38-45,47,57-60,62-63H,14,19-24,26-27H2,1-13H3/t28-,29-,30+,31-,32-,33+,36+,38+,39-,40+,41-,42+,43-,44+,45-,47+,48-,49-,50-/m1/s1. The van der Waals surface area contributed by atoms with Gasteiger partial charge in [0.15, 0.2) is 12.6 Å². The average molecular weight is 1030 g/mol. The predicted octanol–water partition coefficient (Wildman–Crippen LogP) is 2.45. The molecule has 0 aliphatic carbocycles. The number of likely N-dealkylation sites (N-methyl/N-ethyl adjacent to an activating group) is 2. The van der Waals surface area contributed by atoms with Crippen LogP contribution in [0.4, 0.5) is 5.69 Å². The second-order valence-electron chi connectivity index (χ2n) is 21.6. The van der Waals surface area contributed by atoms with Crippen molar-refractivity contribution in [3.63, 3.8) is 0 Å². The second kappa shape index (κ2) is 24.9. The van der Waals surface area contributed by atoms with Crippen molar-refractivity contribution in [1.29, 1.82) is 0 Å². The molecule has 0 amide bonds. The molecule has 22 heteroatoms. The van der Waals surface area contributed by atoms with E-state index in [-0.39, 0.29) is 44.0 Å². The molecule has 410 valence electrons. The Kier molecular flexibility index (Phi) is 20.5. The molecule has 6 N–H and O–H groups in total. The fourth-order valence-corrected chi connectivity index (χ4v) is 10.8. The van der Waals surface area contributed by atoms with E-state index in [1.54, 1.807) is 54.7 Å². The Morgan fingerprint density at radius 2 is 1.67 bits per heavy atom. The van der Waals surface area contributed by atoms with Crippen molar-refractivity contribution in [1.82, 2.24) is 24.8 Å². The minimum absolute atomic E-state index is 0.0699. The van der Waals surface area contributed by atoms with Gasteiger partial charge in [0.05, 0.1) is 58.7 Å². The molecule has 5 rings (SSSR count). The van der Waals surface area contributed by atoms with Crippen molar-refractivity contribution in [2.24, 2.45) is 17.8 Å². The second-order valence-corrected chi connectivity index (χ2v) is 21.6. The Labute approximate surface area is 423 Å². The molecule has 19 atom stereocenters. The zero-order valence-corrected chi connectivity index (χ0v) is 44.4. The number of ether oxygens (including phenoxy) is 7. The number of aliphatic hydroxyl groups is 6. The molecule has 1 aromatic heterocycles.